The van der Waals surface area contributed by atoms with Gasteiger partial charge in [-0.25, -0.2) is 0 Å². The Morgan fingerprint density at radius 1 is 1.12 bits per heavy atom. The first kappa shape index (κ1) is 12.2. The number of carbonyl (C=O) groups excluding carboxylic acids is 2. The Bertz CT molecular complexity index is 349. The molecule has 1 aromatic rings. The van der Waals surface area contributed by atoms with Crippen molar-refractivity contribution in [2.45, 2.75) is 12.8 Å². The second-order valence-electron chi connectivity index (χ2n) is 3.42. The Balaban J connectivity index is 2.17. The first-order chi connectivity index (χ1) is 7.74. The first-order valence-electron chi connectivity index (χ1n) is 5.28. The zero-order valence-electron chi connectivity index (χ0n) is 9.32. The largest absolute Gasteiger partial charge is 0.351 e. The molecule has 0 aromatic heterocycles. The normalized spacial score (nSPS) is 9.56. The van der Waals surface area contributed by atoms with E-state index in [1.165, 1.54) is 12.6 Å². The van der Waals surface area contributed by atoms with Gasteiger partial charge in [0.15, 0.2) is 0 Å². The smallest absolute Gasteiger partial charge is 0.309 e. The number of likely N-dealkylation sites (N-methyl/N-ethyl adjacent to an activating group) is 1. The van der Waals surface area contributed by atoms with Crippen LogP contribution in [0.3, 0.4) is 0 Å². The standard InChI is InChI=1S/C12H16N2O2/c1-13-11(15)12(16)14-9-5-8-10-6-3-2-4-7-10/h2-4,6-7H,5,8-9H2,1H3,(H,13,15)(H,14,16). The number of carbonyl (C=O) groups is 2. The summed E-state index contributed by atoms with van der Waals surface area (Å²) < 4.78 is 0. The van der Waals surface area contributed by atoms with Gasteiger partial charge < -0.3 is 10.6 Å². The van der Waals surface area contributed by atoms with Crippen LogP contribution in [0.2, 0.25) is 0 Å². The van der Waals surface area contributed by atoms with Gasteiger partial charge in [0.2, 0.25) is 0 Å². The molecule has 0 spiro atoms. The van der Waals surface area contributed by atoms with Gasteiger partial charge in [-0.1, -0.05) is 30.3 Å². The zero-order chi connectivity index (χ0) is 11.8. The molecular weight excluding hydrogens is 204 g/mol. The van der Waals surface area contributed by atoms with E-state index in [1.807, 2.05) is 30.3 Å². The Hall–Kier alpha value is -1.84. The molecule has 4 nitrogen and oxygen atoms in total. The van der Waals surface area contributed by atoms with Gasteiger partial charge in [0, 0.05) is 13.6 Å². The average Bonchev–Trinajstić information content (AvgIpc) is 2.34. The van der Waals surface area contributed by atoms with Crippen LogP contribution in [0.5, 0.6) is 0 Å². The lowest BCUT2D eigenvalue weighted by Gasteiger charge is -2.03. The molecule has 0 aliphatic heterocycles. The van der Waals surface area contributed by atoms with Crippen LogP contribution in [0.25, 0.3) is 0 Å². The van der Waals surface area contributed by atoms with Crippen molar-refractivity contribution in [3.8, 4) is 0 Å². The van der Waals surface area contributed by atoms with E-state index >= 15 is 0 Å². The maximum absolute atomic E-state index is 11.1. The highest BCUT2D eigenvalue weighted by Gasteiger charge is 2.08. The molecule has 0 aliphatic rings. The zero-order valence-corrected chi connectivity index (χ0v) is 9.32. The van der Waals surface area contributed by atoms with E-state index in [0.29, 0.717) is 6.54 Å². The van der Waals surface area contributed by atoms with E-state index < -0.39 is 11.8 Å². The minimum Gasteiger partial charge on any atom is -0.351 e. The summed E-state index contributed by atoms with van der Waals surface area (Å²) in [6, 6.07) is 10.0. The molecule has 0 heterocycles. The van der Waals surface area contributed by atoms with Crippen molar-refractivity contribution in [1.29, 1.82) is 0 Å². The van der Waals surface area contributed by atoms with Crippen molar-refractivity contribution in [3.05, 3.63) is 35.9 Å². The lowest BCUT2D eigenvalue weighted by Crippen LogP contribution is -2.38. The fraction of sp³-hybridized carbons (Fsp3) is 0.333. The Morgan fingerprint density at radius 3 is 2.44 bits per heavy atom. The average molecular weight is 220 g/mol. The number of amides is 2. The Morgan fingerprint density at radius 2 is 1.81 bits per heavy atom. The summed E-state index contributed by atoms with van der Waals surface area (Å²) in [4.78, 5) is 21.9. The van der Waals surface area contributed by atoms with Gasteiger partial charge in [-0.15, -0.1) is 0 Å². The molecule has 0 atom stereocenters. The number of aryl methyl sites for hydroxylation is 1. The molecule has 0 unspecified atom stereocenters. The van der Waals surface area contributed by atoms with Crippen molar-refractivity contribution >= 4 is 11.8 Å². The van der Waals surface area contributed by atoms with E-state index in [4.69, 9.17) is 0 Å². The summed E-state index contributed by atoms with van der Waals surface area (Å²) in [7, 11) is 1.44. The lowest BCUT2D eigenvalue weighted by atomic mass is 10.1. The molecule has 0 aliphatic carbocycles. The number of nitrogens with one attached hydrogen (secondary N) is 2. The summed E-state index contributed by atoms with van der Waals surface area (Å²) in [6.07, 6.45) is 1.72. The second kappa shape index (κ2) is 6.61. The fourth-order valence-electron chi connectivity index (χ4n) is 1.33. The molecule has 1 rings (SSSR count). The molecule has 2 amide bonds. The number of hydrogen-bond acceptors (Lipinski definition) is 2. The SMILES string of the molecule is CNC(=O)C(=O)NCCCc1ccccc1. The van der Waals surface area contributed by atoms with Crippen LogP contribution in [0.15, 0.2) is 30.3 Å². The quantitative estimate of drug-likeness (QED) is 0.573. The van der Waals surface area contributed by atoms with E-state index in [2.05, 4.69) is 10.6 Å². The van der Waals surface area contributed by atoms with E-state index in [9.17, 15) is 9.59 Å². The van der Waals surface area contributed by atoms with Crippen molar-refractivity contribution in [2.75, 3.05) is 13.6 Å². The van der Waals surface area contributed by atoms with Gasteiger partial charge in [-0.05, 0) is 18.4 Å². The molecule has 0 bridgehead atoms. The van der Waals surface area contributed by atoms with Gasteiger partial charge in [0.25, 0.3) is 0 Å². The lowest BCUT2D eigenvalue weighted by molar-refractivity contribution is -0.138. The molecule has 0 saturated heterocycles. The van der Waals surface area contributed by atoms with Gasteiger partial charge in [0.1, 0.15) is 0 Å². The Labute approximate surface area is 95.0 Å². The van der Waals surface area contributed by atoms with Crippen LogP contribution in [-0.2, 0) is 16.0 Å². The fourth-order valence-corrected chi connectivity index (χ4v) is 1.33. The highest BCUT2D eigenvalue weighted by atomic mass is 16.2. The van der Waals surface area contributed by atoms with E-state index in [-0.39, 0.29) is 0 Å². The van der Waals surface area contributed by atoms with Crippen molar-refractivity contribution in [3.63, 3.8) is 0 Å². The van der Waals surface area contributed by atoms with Crippen molar-refractivity contribution in [1.82, 2.24) is 10.6 Å². The molecular formula is C12H16N2O2. The van der Waals surface area contributed by atoms with Crippen LogP contribution in [0.4, 0.5) is 0 Å². The molecule has 86 valence electrons. The van der Waals surface area contributed by atoms with Crippen LogP contribution >= 0.6 is 0 Å². The van der Waals surface area contributed by atoms with Crippen LogP contribution in [0.1, 0.15) is 12.0 Å². The highest BCUT2D eigenvalue weighted by molar-refractivity contribution is 6.34. The highest BCUT2D eigenvalue weighted by Crippen LogP contribution is 2.01. The molecule has 1 aromatic carbocycles. The molecule has 16 heavy (non-hydrogen) atoms. The minimum atomic E-state index is -0.597. The van der Waals surface area contributed by atoms with Crippen molar-refractivity contribution < 1.29 is 9.59 Å². The Kier molecular flexibility index (Phi) is 5.05. The second-order valence-corrected chi connectivity index (χ2v) is 3.42. The predicted molar refractivity (Wildman–Crippen MR) is 61.8 cm³/mol. The van der Waals surface area contributed by atoms with Crippen molar-refractivity contribution in [2.24, 2.45) is 0 Å². The van der Waals surface area contributed by atoms with Gasteiger partial charge >= 0.3 is 11.8 Å². The molecule has 4 heteroatoms. The summed E-state index contributed by atoms with van der Waals surface area (Å²) >= 11 is 0. The minimum absolute atomic E-state index is 0.515. The summed E-state index contributed by atoms with van der Waals surface area (Å²) in [5.74, 6) is -1.17. The number of benzene rings is 1. The van der Waals surface area contributed by atoms with Crippen LogP contribution < -0.4 is 10.6 Å². The van der Waals surface area contributed by atoms with E-state index in [1.54, 1.807) is 0 Å². The third-order valence-corrected chi connectivity index (χ3v) is 2.20. The third-order valence-electron chi connectivity index (χ3n) is 2.20. The monoisotopic (exact) mass is 220 g/mol. The first-order valence-corrected chi connectivity index (χ1v) is 5.28. The predicted octanol–water partition coefficient (Wildman–Crippen LogP) is 0.481. The van der Waals surface area contributed by atoms with Gasteiger partial charge in [0.05, 0.1) is 0 Å². The topological polar surface area (TPSA) is 58.2 Å². The molecule has 0 fully saturated rings. The maximum atomic E-state index is 11.1. The molecule has 0 saturated carbocycles. The summed E-state index contributed by atoms with van der Waals surface area (Å²) in [5.41, 5.74) is 1.23. The van der Waals surface area contributed by atoms with Crippen LogP contribution in [-0.4, -0.2) is 25.4 Å². The summed E-state index contributed by atoms with van der Waals surface area (Å²) in [6.45, 7) is 0.515. The summed E-state index contributed by atoms with van der Waals surface area (Å²) in [5, 5.41) is 4.82. The third kappa shape index (κ3) is 4.13. The number of rotatable bonds is 4. The van der Waals surface area contributed by atoms with Crippen LogP contribution in [0, 0.1) is 0 Å². The maximum Gasteiger partial charge on any atom is 0.309 e. The van der Waals surface area contributed by atoms with Gasteiger partial charge in [-0.2, -0.15) is 0 Å². The number of hydrogen-bond donors (Lipinski definition) is 2. The molecule has 0 radical (unpaired) electrons. The van der Waals surface area contributed by atoms with Gasteiger partial charge in [-0.3, -0.25) is 9.59 Å². The van der Waals surface area contributed by atoms with E-state index in [0.717, 1.165) is 12.8 Å². The molecule has 2 N–H and O–H groups in total.